The Morgan fingerprint density at radius 1 is 1.42 bits per heavy atom. The zero-order valence-electron chi connectivity index (χ0n) is 7.10. The van der Waals surface area contributed by atoms with E-state index >= 15 is 0 Å². The first-order valence-corrected chi connectivity index (χ1v) is 4.28. The topological polar surface area (TPSA) is 12.0 Å². The SMILES string of the molecule is Cc1cc(NC2CC2)ccc1F. The van der Waals surface area contributed by atoms with Gasteiger partial charge in [-0.15, -0.1) is 0 Å². The molecule has 0 radical (unpaired) electrons. The van der Waals surface area contributed by atoms with Crippen molar-refractivity contribution in [1.29, 1.82) is 0 Å². The van der Waals surface area contributed by atoms with Crippen molar-refractivity contribution in [2.45, 2.75) is 25.8 Å². The van der Waals surface area contributed by atoms with Gasteiger partial charge in [-0.3, -0.25) is 0 Å². The van der Waals surface area contributed by atoms with E-state index in [-0.39, 0.29) is 5.82 Å². The first kappa shape index (κ1) is 7.59. The molecule has 0 aliphatic heterocycles. The van der Waals surface area contributed by atoms with Crippen molar-refractivity contribution in [3.8, 4) is 0 Å². The second-order valence-electron chi connectivity index (χ2n) is 3.38. The average Bonchev–Trinajstić information content (AvgIpc) is 2.81. The van der Waals surface area contributed by atoms with Crippen molar-refractivity contribution >= 4 is 5.69 Å². The van der Waals surface area contributed by atoms with Crippen molar-refractivity contribution in [1.82, 2.24) is 0 Å². The number of nitrogens with one attached hydrogen (secondary N) is 1. The van der Waals surface area contributed by atoms with Gasteiger partial charge in [-0.2, -0.15) is 0 Å². The fourth-order valence-electron chi connectivity index (χ4n) is 1.20. The monoisotopic (exact) mass is 165 g/mol. The lowest BCUT2D eigenvalue weighted by Gasteiger charge is -2.05. The summed E-state index contributed by atoms with van der Waals surface area (Å²) in [4.78, 5) is 0. The van der Waals surface area contributed by atoms with E-state index in [0.29, 0.717) is 11.6 Å². The summed E-state index contributed by atoms with van der Waals surface area (Å²) in [6.07, 6.45) is 2.49. The molecule has 1 aromatic carbocycles. The first-order chi connectivity index (χ1) is 5.75. The first-order valence-electron chi connectivity index (χ1n) is 4.28. The van der Waals surface area contributed by atoms with Crippen LogP contribution >= 0.6 is 0 Å². The third-order valence-corrected chi connectivity index (χ3v) is 2.11. The molecule has 1 N–H and O–H groups in total. The van der Waals surface area contributed by atoms with Crippen LogP contribution in [0, 0.1) is 12.7 Å². The van der Waals surface area contributed by atoms with Gasteiger partial charge in [0, 0.05) is 11.7 Å². The van der Waals surface area contributed by atoms with E-state index in [9.17, 15) is 4.39 Å². The van der Waals surface area contributed by atoms with Crippen LogP contribution in [-0.2, 0) is 0 Å². The molecule has 0 saturated heterocycles. The summed E-state index contributed by atoms with van der Waals surface area (Å²) < 4.78 is 12.8. The summed E-state index contributed by atoms with van der Waals surface area (Å²) in [6, 6.07) is 5.80. The predicted octanol–water partition coefficient (Wildman–Crippen LogP) is 2.71. The molecule has 2 rings (SSSR count). The number of hydrogen-bond acceptors (Lipinski definition) is 1. The van der Waals surface area contributed by atoms with Gasteiger partial charge in [-0.05, 0) is 43.5 Å². The number of hydrogen-bond donors (Lipinski definition) is 1. The van der Waals surface area contributed by atoms with E-state index in [1.165, 1.54) is 18.9 Å². The Labute approximate surface area is 71.6 Å². The highest BCUT2D eigenvalue weighted by Crippen LogP contribution is 2.25. The van der Waals surface area contributed by atoms with Gasteiger partial charge in [0.05, 0.1) is 0 Å². The Balaban J connectivity index is 2.15. The molecule has 0 bridgehead atoms. The van der Waals surface area contributed by atoms with Crippen LogP contribution in [0.1, 0.15) is 18.4 Å². The molecule has 2 heteroatoms. The van der Waals surface area contributed by atoms with E-state index in [0.717, 1.165) is 5.69 Å². The van der Waals surface area contributed by atoms with Gasteiger partial charge in [0.25, 0.3) is 0 Å². The number of aryl methyl sites for hydroxylation is 1. The fraction of sp³-hybridized carbons (Fsp3) is 0.400. The van der Waals surface area contributed by atoms with Crippen LogP contribution < -0.4 is 5.32 Å². The lowest BCUT2D eigenvalue weighted by molar-refractivity contribution is 0.618. The Morgan fingerprint density at radius 3 is 2.75 bits per heavy atom. The minimum atomic E-state index is -0.128. The van der Waals surface area contributed by atoms with Gasteiger partial charge in [-0.25, -0.2) is 4.39 Å². The number of rotatable bonds is 2. The molecule has 12 heavy (non-hydrogen) atoms. The molecular formula is C10H12FN. The van der Waals surface area contributed by atoms with Crippen molar-refractivity contribution in [3.05, 3.63) is 29.6 Å². The van der Waals surface area contributed by atoms with Crippen LogP contribution in [0.5, 0.6) is 0 Å². The van der Waals surface area contributed by atoms with Crippen molar-refractivity contribution in [3.63, 3.8) is 0 Å². The van der Waals surface area contributed by atoms with Crippen molar-refractivity contribution < 1.29 is 4.39 Å². The largest absolute Gasteiger partial charge is 0.382 e. The molecule has 1 aliphatic carbocycles. The van der Waals surface area contributed by atoms with Gasteiger partial charge in [0.2, 0.25) is 0 Å². The van der Waals surface area contributed by atoms with Gasteiger partial charge in [-0.1, -0.05) is 0 Å². The van der Waals surface area contributed by atoms with Crippen LogP contribution in [0.2, 0.25) is 0 Å². The number of benzene rings is 1. The predicted molar refractivity (Wildman–Crippen MR) is 47.8 cm³/mol. The maximum atomic E-state index is 12.8. The molecule has 0 spiro atoms. The third-order valence-electron chi connectivity index (χ3n) is 2.11. The van der Waals surface area contributed by atoms with Crippen LogP contribution in [0.4, 0.5) is 10.1 Å². The number of halogens is 1. The lowest BCUT2D eigenvalue weighted by atomic mass is 10.2. The second kappa shape index (κ2) is 2.77. The van der Waals surface area contributed by atoms with Gasteiger partial charge in [0.15, 0.2) is 0 Å². The van der Waals surface area contributed by atoms with Crippen LogP contribution in [-0.4, -0.2) is 6.04 Å². The Hall–Kier alpha value is -1.05. The zero-order valence-corrected chi connectivity index (χ0v) is 7.10. The maximum absolute atomic E-state index is 12.8. The van der Waals surface area contributed by atoms with Gasteiger partial charge in [0.1, 0.15) is 5.82 Å². The van der Waals surface area contributed by atoms with Crippen molar-refractivity contribution in [2.75, 3.05) is 5.32 Å². The zero-order chi connectivity index (χ0) is 8.55. The molecule has 0 aromatic heterocycles. The van der Waals surface area contributed by atoms with E-state index in [1.807, 2.05) is 6.07 Å². The fourth-order valence-corrected chi connectivity index (χ4v) is 1.20. The highest BCUT2D eigenvalue weighted by atomic mass is 19.1. The number of anilines is 1. The third kappa shape index (κ3) is 1.58. The molecule has 0 heterocycles. The second-order valence-corrected chi connectivity index (χ2v) is 3.38. The molecule has 64 valence electrons. The Morgan fingerprint density at radius 2 is 2.17 bits per heavy atom. The van der Waals surface area contributed by atoms with Crippen LogP contribution in [0.25, 0.3) is 0 Å². The summed E-state index contributed by atoms with van der Waals surface area (Å²) in [6.45, 7) is 1.79. The molecular weight excluding hydrogens is 153 g/mol. The highest BCUT2D eigenvalue weighted by molar-refractivity contribution is 5.47. The molecule has 1 saturated carbocycles. The summed E-state index contributed by atoms with van der Waals surface area (Å²) >= 11 is 0. The molecule has 0 amide bonds. The molecule has 1 aromatic rings. The molecule has 1 fully saturated rings. The van der Waals surface area contributed by atoms with E-state index in [1.54, 1.807) is 13.0 Å². The smallest absolute Gasteiger partial charge is 0.126 e. The molecule has 0 unspecified atom stereocenters. The van der Waals surface area contributed by atoms with Crippen LogP contribution in [0.3, 0.4) is 0 Å². The quantitative estimate of drug-likeness (QED) is 0.710. The van der Waals surface area contributed by atoms with E-state index in [2.05, 4.69) is 5.32 Å². The average molecular weight is 165 g/mol. The van der Waals surface area contributed by atoms with Crippen LogP contribution in [0.15, 0.2) is 18.2 Å². The van der Waals surface area contributed by atoms with Crippen molar-refractivity contribution in [2.24, 2.45) is 0 Å². The molecule has 0 atom stereocenters. The van der Waals surface area contributed by atoms with Gasteiger partial charge < -0.3 is 5.32 Å². The van der Waals surface area contributed by atoms with E-state index in [4.69, 9.17) is 0 Å². The lowest BCUT2D eigenvalue weighted by Crippen LogP contribution is -2.00. The summed E-state index contributed by atoms with van der Waals surface area (Å²) in [5, 5.41) is 3.32. The summed E-state index contributed by atoms with van der Waals surface area (Å²) in [5.41, 5.74) is 1.75. The highest BCUT2D eigenvalue weighted by Gasteiger charge is 2.20. The summed E-state index contributed by atoms with van der Waals surface area (Å²) in [7, 11) is 0. The summed E-state index contributed by atoms with van der Waals surface area (Å²) in [5.74, 6) is -0.128. The van der Waals surface area contributed by atoms with Gasteiger partial charge >= 0.3 is 0 Å². The Bertz CT molecular complexity index is 292. The normalized spacial score (nSPS) is 16.2. The minimum absolute atomic E-state index is 0.128. The minimum Gasteiger partial charge on any atom is -0.382 e. The maximum Gasteiger partial charge on any atom is 0.126 e. The van der Waals surface area contributed by atoms with E-state index < -0.39 is 0 Å². The molecule has 1 nitrogen and oxygen atoms in total. The standard InChI is InChI=1S/C10H12FN/c1-7-6-9(4-5-10(7)11)12-8-2-3-8/h4-6,8,12H,2-3H2,1H3. The Kier molecular flexibility index (Phi) is 1.75. The molecule has 1 aliphatic rings.